The summed E-state index contributed by atoms with van der Waals surface area (Å²) in [6.45, 7) is 4.23. The highest BCUT2D eigenvalue weighted by Gasteiger charge is 2.29. The van der Waals surface area contributed by atoms with Crippen LogP contribution in [0.3, 0.4) is 0 Å². The van der Waals surface area contributed by atoms with E-state index >= 15 is 0 Å². The number of nitrogens with one attached hydrogen (secondary N) is 4. The van der Waals surface area contributed by atoms with Crippen molar-refractivity contribution in [3.8, 4) is 11.1 Å². The molecule has 12 nitrogen and oxygen atoms in total. The largest absolute Gasteiger partial charge is 0.480 e. The Kier molecular flexibility index (Phi) is 9.73. The fraction of sp³-hybridized carbons (Fsp3) is 0.357. The standard InChI is InChI=1S/C28H34N6O6S/c1-18-6-5-7-19(2)25(18)20-9-11-22(12-10-20)41(38,39)34-24(27(36)37)17-32-26(35)23-16-21(40-33-23)8-3-4-13-29-28-30-14-15-31-28/h5-7,9-12,14-15,21,24,34H,3-4,8,13,16-17H2,1-2H3,(H,32,35)(H,36,37)(H2,29,30,31). The van der Waals surface area contributed by atoms with Crippen LogP contribution < -0.4 is 15.4 Å². The van der Waals surface area contributed by atoms with E-state index in [1.165, 1.54) is 12.1 Å². The summed E-state index contributed by atoms with van der Waals surface area (Å²) in [4.78, 5) is 36.7. The molecule has 0 spiro atoms. The Morgan fingerprint density at radius 3 is 2.51 bits per heavy atom. The molecule has 0 radical (unpaired) electrons. The monoisotopic (exact) mass is 582 g/mol. The van der Waals surface area contributed by atoms with Crippen molar-refractivity contribution >= 4 is 33.6 Å². The van der Waals surface area contributed by atoms with Crippen LogP contribution in [0, 0.1) is 13.8 Å². The molecule has 0 bridgehead atoms. The molecule has 1 aromatic heterocycles. The number of carbonyl (C=O) groups is 2. The maximum absolute atomic E-state index is 12.9. The second kappa shape index (κ2) is 13.4. The van der Waals surface area contributed by atoms with Crippen LogP contribution in [0.1, 0.15) is 36.8 Å². The summed E-state index contributed by atoms with van der Waals surface area (Å²) in [6.07, 6.45) is 5.84. The third-order valence-electron chi connectivity index (χ3n) is 6.74. The lowest BCUT2D eigenvalue weighted by Gasteiger charge is -2.16. The van der Waals surface area contributed by atoms with E-state index in [9.17, 15) is 23.1 Å². The molecule has 2 atom stereocenters. The van der Waals surface area contributed by atoms with E-state index < -0.39 is 34.5 Å². The number of carboxylic acids is 1. The van der Waals surface area contributed by atoms with Crippen molar-refractivity contribution < 1.29 is 28.0 Å². The molecule has 218 valence electrons. The average Bonchev–Trinajstić information content (AvgIpc) is 3.63. The number of aliphatic carboxylic acids is 1. The van der Waals surface area contributed by atoms with Crippen LogP contribution in [0.5, 0.6) is 0 Å². The van der Waals surface area contributed by atoms with Crippen LogP contribution in [0.25, 0.3) is 11.1 Å². The maximum atomic E-state index is 12.9. The fourth-order valence-electron chi connectivity index (χ4n) is 4.59. The number of carbonyl (C=O) groups excluding carboxylic acids is 1. The highest BCUT2D eigenvalue weighted by molar-refractivity contribution is 7.89. The molecule has 0 fully saturated rings. The lowest BCUT2D eigenvalue weighted by molar-refractivity contribution is -0.138. The summed E-state index contributed by atoms with van der Waals surface area (Å²) >= 11 is 0. The Bertz CT molecular complexity index is 1470. The summed E-state index contributed by atoms with van der Waals surface area (Å²) in [7, 11) is -4.18. The zero-order valence-electron chi connectivity index (χ0n) is 22.9. The lowest BCUT2D eigenvalue weighted by atomic mass is 9.96. The molecule has 1 aliphatic rings. The topological polar surface area (TPSA) is 175 Å². The third kappa shape index (κ3) is 7.92. The van der Waals surface area contributed by atoms with Gasteiger partial charge in [0.2, 0.25) is 10.0 Å². The number of oxime groups is 1. The predicted molar refractivity (Wildman–Crippen MR) is 154 cm³/mol. The van der Waals surface area contributed by atoms with Gasteiger partial charge in [0.1, 0.15) is 17.9 Å². The lowest BCUT2D eigenvalue weighted by Crippen LogP contribution is -2.49. The zero-order valence-corrected chi connectivity index (χ0v) is 23.7. The van der Waals surface area contributed by atoms with E-state index in [4.69, 9.17) is 4.84 Å². The SMILES string of the molecule is Cc1cccc(C)c1-c1ccc(S(=O)(=O)NC(CNC(=O)C2=NOC(CCCCNc3ncc[nH]3)C2)C(=O)O)cc1. The highest BCUT2D eigenvalue weighted by atomic mass is 32.2. The molecule has 4 rings (SSSR count). The first-order chi connectivity index (χ1) is 19.6. The van der Waals surface area contributed by atoms with Crippen molar-refractivity contribution in [1.82, 2.24) is 20.0 Å². The van der Waals surface area contributed by atoms with Gasteiger partial charge in [0.15, 0.2) is 5.95 Å². The van der Waals surface area contributed by atoms with Crippen LogP contribution in [0.2, 0.25) is 0 Å². The third-order valence-corrected chi connectivity index (χ3v) is 8.22. The van der Waals surface area contributed by atoms with Crippen molar-refractivity contribution in [3.05, 3.63) is 66.0 Å². The molecule has 1 amide bonds. The molecule has 1 aliphatic heterocycles. The Morgan fingerprint density at radius 1 is 1.12 bits per heavy atom. The van der Waals surface area contributed by atoms with Crippen molar-refractivity contribution in [2.75, 3.05) is 18.4 Å². The van der Waals surface area contributed by atoms with Crippen molar-refractivity contribution in [2.45, 2.75) is 56.6 Å². The number of amides is 1. The first kappa shape index (κ1) is 29.7. The summed E-state index contributed by atoms with van der Waals surface area (Å²) in [5, 5.41) is 19.1. The van der Waals surface area contributed by atoms with Crippen molar-refractivity contribution in [2.24, 2.45) is 5.16 Å². The number of aryl methyl sites for hydroxylation is 2. The van der Waals surface area contributed by atoms with Gasteiger partial charge < -0.3 is 25.6 Å². The molecule has 0 saturated carbocycles. The van der Waals surface area contributed by atoms with E-state index in [1.54, 1.807) is 24.5 Å². The number of nitrogens with zero attached hydrogens (tertiary/aromatic N) is 2. The average molecular weight is 583 g/mol. The van der Waals surface area contributed by atoms with Gasteiger partial charge in [-0.1, -0.05) is 35.5 Å². The summed E-state index contributed by atoms with van der Waals surface area (Å²) in [5.41, 5.74) is 4.12. The molecule has 0 saturated heterocycles. The minimum atomic E-state index is -4.18. The molecule has 5 N–H and O–H groups in total. The number of H-pyrrole nitrogens is 1. The second-order valence-electron chi connectivity index (χ2n) is 9.84. The van der Waals surface area contributed by atoms with E-state index in [1.807, 2.05) is 32.0 Å². The van der Waals surface area contributed by atoms with Gasteiger partial charge in [0.25, 0.3) is 5.91 Å². The maximum Gasteiger partial charge on any atom is 0.323 e. The molecular weight excluding hydrogens is 548 g/mol. The first-order valence-corrected chi connectivity index (χ1v) is 14.8. The number of unbranched alkanes of at least 4 members (excludes halogenated alkanes) is 1. The number of imidazole rings is 1. The molecule has 0 aliphatic carbocycles. The van der Waals surface area contributed by atoms with Crippen LogP contribution in [-0.2, 0) is 24.4 Å². The molecule has 13 heteroatoms. The second-order valence-corrected chi connectivity index (χ2v) is 11.6. The number of hydrogen-bond acceptors (Lipinski definition) is 8. The van der Waals surface area contributed by atoms with E-state index in [2.05, 4.69) is 30.5 Å². The predicted octanol–water partition coefficient (Wildman–Crippen LogP) is 2.97. The Labute approximate surface area is 238 Å². The van der Waals surface area contributed by atoms with Gasteiger partial charge in [-0.2, -0.15) is 4.72 Å². The van der Waals surface area contributed by atoms with Gasteiger partial charge >= 0.3 is 5.97 Å². The number of anilines is 1. The van der Waals surface area contributed by atoms with Crippen LogP contribution >= 0.6 is 0 Å². The summed E-state index contributed by atoms with van der Waals surface area (Å²) < 4.78 is 28.1. The minimum Gasteiger partial charge on any atom is -0.480 e. The molecular formula is C28H34N6O6S. The van der Waals surface area contributed by atoms with Crippen molar-refractivity contribution in [1.29, 1.82) is 0 Å². The number of aromatic nitrogens is 2. The zero-order chi connectivity index (χ0) is 29.4. The Morgan fingerprint density at radius 2 is 1.85 bits per heavy atom. The van der Waals surface area contributed by atoms with Gasteiger partial charge in [-0.25, -0.2) is 13.4 Å². The van der Waals surface area contributed by atoms with Gasteiger partial charge in [0, 0.05) is 31.9 Å². The molecule has 41 heavy (non-hydrogen) atoms. The van der Waals surface area contributed by atoms with E-state index in [-0.39, 0.29) is 23.1 Å². The highest BCUT2D eigenvalue weighted by Crippen LogP contribution is 2.28. The van der Waals surface area contributed by atoms with Gasteiger partial charge in [-0.3, -0.25) is 9.59 Å². The number of benzene rings is 2. The van der Waals surface area contributed by atoms with E-state index in [0.29, 0.717) is 12.4 Å². The van der Waals surface area contributed by atoms with Crippen LogP contribution in [0.4, 0.5) is 5.95 Å². The Balaban J connectivity index is 1.25. The fourth-order valence-corrected chi connectivity index (χ4v) is 5.77. The Hall–Kier alpha value is -4.23. The smallest absolute Gasteiger partial charge is 0.323 e. The number of rotatable bonds is 14. The van der Waals surface area contributed by atoms with E-state index in [0.717, 1.165) is 41.6 Å². The number of carboxylic acid groups (broad SMARTS) is 1. The number of hydrogen-bond donors (Lipinski definition) is 5. The summed E-state index contributed by atoms with van der Waals surface area (Å²) in [5.74, 6) is -1.32. The molecule has 2 aromatic carbocycles. The van der Waals surface area contributed by atoms with Crippen LogP contribution in [-0.4, -0.2) is 66.3 Å². The van der Waals surface area contributed by atoms with Crippen LogP contribution in [0.15, 0.2) is 64.9 Å². The molecule has 2 unspecified atom stereocenters. The molecule has 3 aromatic rings. The minimum absolute atomic E-state index is 0.0826. The van der Waals surface area contributed by atoms with Crippen molar-refractivity contribution in [3.63, 3.8) is 0 Å². The molecule has 2 heterocycles. The number of sulfonamides is 1. The van der Waals surface area contributed by atoms with Gasteiger partial charge in [0.05, 0.1) is 4.90 Å². The normalized spacial score (nSPS) is 15.6. The summed E-state index contributed by atoms with van der Waals surface area (Å²) in [6, 6.07) is 10.6. The first-order valence-electron chi connectivity index (χ1n) is 13.3. The van der Waals surface area contributed by atoms with Gasteiger partial charge in [-0.05, 0) is 67.5 Å². The van der Waals surface area contributed by atoms with Gasteiger partial charge in [-0.15, -0.1) is 0 Å². The quantitative estimate of drug-likeness (QED) is 0.180. The number of aromatic amines is 1.